The van der Waals surface area contributed by atoms with Crippen LogP contribution in [0.15, 0.2) is 12.7 Å². The minimum atomic E-state index is -5.65. The molecule has 1 saturated heterocycles. The van der Waals surface area contributed by atoms with Crippen LogP contribution in [0, 0.1) is 0 Å². The van der Waals surface area contributed by atoms with Gasteiger partial charge in [-0.2, -0.15) is 8.62 Å². The summed E-state index contributed by atoms with van der Waals surface area (Å²) in [6.07, 6.45) is -0.668. The number of rotatable bonds is 32. The summed E-state index contributed by atoms with van der Waals surface area (Å²) in [6, 6.07) is 0. The summed E-state index contributed by atoms with van der Waals surface area (Å²) in [5.74, 6) is 0.124. The van der Waals surface area contributed by atoms with Crippen LogP contribution in [0.2, 0.25) is 0 Å². The molecule has 0 saturated carbocycles. The smallest absolute Gasteiger partial charge is 0.390 e. The minimum Gasteiger partial charge on any atom is -0.390 e. The zero-order valence-electron chi connectivity index (χ0n) is 29.4. The average molecular weight is 842 g/mol. The molecule has 0 amide bonds. The summed E-state index contributed by atoms with van der Waals surface area (Å²) < 4.78 is 94.1. The Morgan fingerprint density at radius 1 is 0.759 bits per heavy atom. The molecular weight excluding hydrogens is 791 g/mol. The topological polar surface area (TPSA) is 341 Å². The van der Waals surface area contributed by atoms with Crippen molar-refractivity contribution >= 4 is 40.4 Å². The molecule has 0 radical (unpaired) electrons. The highest BCUT2D eigenvalue weighted by Crippen LogP contribution is 2.66. The van der Waals surface area contributed by atoms with Gasteiger partial charge in [-0.05, 0) is 0 Å². The zero-order chi connectivity index (χ0) is 39.3. The minimum absolute atomic E-state index is 0.00652. The summed E-state index contributed by atoms with van der Waals surface area (Å²) in [5.41, 5.74) is 11.7. The van der Waals surface area contributed by atoms with E-state index in [9.17, 15) is 33.5 Å². The Morgan fingerprint density at radius 3 is 1.81 bits per heavy atom. The monoisotopic (exact) mass is 841 g/mol. The molecule has 1 aliphatic rings. The lowest BCUT2D eigenvalue weighted by atomic mass is 10.2. The van der Waals surface area contributed by atoms with Gasteiger partial charge in [0, 0.05) is 19.5 Å². The van der Waals surface area contributed by atoms with Crippen LogP contribution in [0.3, 0.4) is 0 Å². The van der Waals surface area contributed by atoms with Crippen LogP contribution >= 0.6 is 23.4 Å². The lowest BCUT2D eigenvalue weighted by molar-refractivity contribution is -0.0423. The number of ether oxygens (including phenoxy) is 8. The SMILES string of the molecule is NCCOCCOCCOCCOCCOCCOCCOCCNP(=O)(O)OP(=O)(O)OP(=O)(O)OC[C@H]1O[C@@H](n2cnc3c(N)ncnc32)CC1O. The molecule has 2 aromatic heterocycles. The highest BCUT2D eigenvalue weighted by molar-refractivity contribution is 7.67. The maximum atomic E-state index is 12.3. The van der Waals surface area contributed by atoms with E-state index in [1.165, 1.54) is 17.2 Å². The molecule has 0 aromatic carbocycles. The van der Waals surface area contributed by atoms with Crippen molar-refractivity contribution in [1.29, 1.82) is 0 Å². The Kier molecular flexibility index (Phi) is 21.5. The number of imidazole rings is 1. The molecule has 0 aliphatic carbocycles. The average Bonchev–Trinajstić information content (AvgIpc) is 3.70. The first-order valence-electron chi connectivity index (χ1n) is 16.6. The highest BCUT2D eigenvalue weighted by atomic mass is 31.3. The second-order valence-corrected chi connectivity index (χ2v) is 15.7. The molecule has 9 N–H and O–H groups in total. The van der Waals surface area contributed by atoms with Crippen LogP contribution in [0.4, 0.5) is 5.82 Å². The van der Waals surface area contributed by atoms with Crippen molar-refractivity contribution in [3.63, 3.8) is 0 Å². The molecule has 3 heterocycles. The quantitative estimate of drug-likeness (QED) is 0.0346. The second-order valence-electron chi connectivity index (χ2n) is 10.9. The van der Waals surface area contributed by atoms with Gasteiger partial charge in [-0.25, -0.2) is 33.7 Å². The number of aromatic nitrogens is 4. The summed E-state index contributed by atoms with van der Waals surface area (Å²) in [7, 11) is -16.1. The van der Waals surface area contributed by atoms with Crippen LogP contribution in [0.1, 0.15) is 12.6 Å². The van der Waals surface area contributed by atoms with E-state index in [1.54, 1.807) is 0 Å². The van der Waals surface area contributed by atoms with Crippen LogP contribution in [-0.2, 0) is 64.7 Å². The molecule has 28 heteroatoms. The van der Waals surface area contributed by atoms with Gasteiger partial charge in [0.25, 0.3) is 0 Å². The number of anilines is 1. The molecule has 1 aliphatic heterocycles. The number of phosphoric ester groups is 1. The maximum Gasteiger partial charge on any atom is 0.489 e. The van der Waals surface area contributed by atoms with Crippen LogP contribution in [-0.4, -0.2) is 164 Å². The number of nitrogens with zero attached hydrogens (tertiary/aromatic N) is 4. The van der Waals surface area contributed by atoms with Gasteiger partial charge < -0.3 is 69.1 Å². The lowest BCUT2D eigenvalue weighted by Crippen LogP contribution is -2.26. The first-order valence-corrected chi connectivity index (χ1v) is 21.2. The molecule has 0 bridgehead atoms. The van der Waals surface area contributed by atoms with Crippen LogP contribution in [0.5, 0.6) is 0 Å². The van der Waals surface area contributed by atoms with E-state index in [1.807, 2.05) is 5.09 Å². The van der Waals surface area contributed by atoms with Crippen molar-refractivity contribution in [2.24, 2.45) is 5.73 Å². The van der Waals surface area contributed by atoms with Crippen molar-refractivity contribution in [1.82, 2.24) is 24.6 Å². The normalized spacial score (nSPS) is 20.9. The van der Waals surface area contributed by atoms with Crippen molar-refractivity contribution < 1.29 is 84.5 Å². The number of nitrogens with two attached hydrogens (primary N) is 2. The van der Waals surface area contributed by atoms with Crippen molar-refractivity contribution in [2.45, 2.75) is 24.9 Å². The van der Waals surface area contributed by atoms with Gasteiger partial charge in [-0.3, -0.25) is 9.09 Å². The predicted octanol–water partition coefficient (Wildman–Crippen LogP) is -0.928. The van der Waals surface area contributed by atoms with E-state index < -0.39 is 48.4 Å². The summed E-state index contributed by atoms with van der Waals surface area (Å²) in [5, 5.41) is 12.3. The Morgan fingerprint density at radius 2 is 1.28 bits per heavy atom. The standard InChI is InChI=1S/C26H50N7O18P3/c27-1-3-41-5-7-43-9-11-45-13-15-47-16-14-46-12-10-44-8-6-42-4-2-32-52(35,36)50-54(39,40)51-53(37,38)48-18-22-21(34)17-23(49-22)33-20-31-24-25(28)29-19-30-26(24)33/h19-23,34H,1-18,27H2,(H,37,38)(H,39,40)(H2,28,29,30)(H2,32,35,36)/t21?,22-,23-/m1/s1. The van der Waals surface area contributed by atoms with E-state index in [0.29, 0.717) is 83.8 Å². The Labute approximate surface area is 310 Å². The van der Waals surface area contributed by atoms with Crippen molar-refractivity contribution in [3.05, 3.63) is 12.7 Å². The molecule has 4 unspecified atom stereocenters. The predicted molar refractivity (Wildman–Crippen MR) is 185 cm³/mol. The molecular formula is C26H50N7O18P3. The largest absolute Gasteiger partial charge is 0.489 e. The van der Waals surface area contributed by atoms with Gasteiger partial charge in [0.2, 0.25) is 0 Å². The van der Waals surface area contributed by atoms with E-state index >= 15 is 0 Å². The van der Waals surface area contributed by atoms with Crippen LogP contribution < -0.4 is 16.6 Å². The Hall–Kier alpha value is -1.64. The van der Waals surface area contributed by atoms with Crippen LogP contribution in [0.25, 0.3) is 11.2 Å². The molecule has 54 heavy (non-hydrogen) atoms. The fourth-order valence-corrected chi connectivity index (χ4v) is 8.06. The fraction of sp³-hybridized carbons (Fsp3) is 0.808. The number of phosphoric acid groups is 2. The third kappa shape index (κ3) is 18.5. The maximum absolute atomic E-state index is 12.3. The summed E-state index contributed by atoms with van der Waals surface area (Å²) in [6.45, 7) is 4.18. The van der Waals surface area contributed by atoms with Gasteiger partial charge >= 0.3 is 23.4 Å². The van der Waals surface area contributed by atoms with Gasteiger partial charge in [-0.15, -0.1) is 0 Å². The molecule has 2 aromatic rings. The summed E-state index contributed by atoms with van der Waals surface area (Å²) >= 11 is 0. The zero-order valence-corrected chi connectivity index (χ0v) is 32.1. The number of aliphatic hydroxyl groups is 1. The number of hydrogen-bond acceptors (Lipinski definition) is 20. The van der Waals surface area contributed by atoms with E-state index in [0.717, 1.165) is 0 Å². The number of nitrogen functional groups attached to an aromatic ring is 1. The van der Waals surface area contributed by atoms with E-state index in [-0.39, 0.29) is 45.2 Å². The first kappa shape index (κ1) is 46.7. The molecule has 312 valence electrons. The third-order valence-electron chi connectivity index (χ3n) is 6.78. The van der Waals surface area contributed by atoms with Crippen molar-refractivity contribution in [3.8, 4) is 0 Å². The molecule has 1 fully saturated rings. The Bertz CT molecular complexity index is 1500. The second kappa shape index (κ2) is 24.9. The first-order chi connectivity index (χ1) is 25.8. The fourth-order valence-electron chi connectivity index (χ4n) is 4.39. The van der Waals surface area contributed by atoms with Crippen molar-refractivity contribution in [2.75, 3.05) is 118 Å². The number of nitrogens with one attached hydrogen (secondary N) is 1. The lowest BCUT2D eigenvalue weighted by Gasteiger charge is -2.20. The van der Waals surface area contributed by atoms with Gasteiger partial charge in [0.15, 0.2) is 11.5 Å². The van der Waals surface area contributed by atoms with Gasteiger partial charge in [0.05, 0.1) is 112 Å². The Balaban J connectivity index is 1.16. The third-order valence-corrected chi connectivity index (χ3v) is 11.2. The molecule has 3 rings (SSSR count). The van der Waals surface area contributed by atoms with Gasteiger partial charge in [-0.1, -0.05) is 0 Å². The number of fused-ring (bicyclic) bond motifs is 1. The number of aliphatic hydroxyl groups excluding tert-OH is 1. The number of hydrogen-bond donors (Lipinski definition) is 7. The van der Waals surface area contributed by atoms with E-state index in [4.69, 9.17) is 53.9 Å². The highest BCUT2D eigenvalue weighted by Gasteiger charge is 2.43. The molecule has 25 nitrogen and oxygen atoms in total. The van der Waals surface area contributed by atoms with Gasteiger partial charge in [0.1, 0.15) is 24.2 Å². The molecule has 6 atom stereocenters. The van der Waals surface area contributed by atoms with E-state index in [2.05, 4.69) is 23.6 Å². The summed E-state index contributed by atoms with van der Waals surface area (Å²) in [4.78, 5) is 41.7. The molecule has 0 spiro atoms.